The predicted molar refractivity (Wildman–Crippen MR) is 125 cm³/mol. The fourth-order valence-corrected chi connectivity index (χ4v) is 5.56. The minimum Gasteiger partial charge on any atom is -0.352 e. The lowest BCUT2D eigenvalue weighted by atomic mass is 9.97. The number of hydrogen-bond acceptors (Lipinski definition) is 4. The molecule has 30 heavy (non-hydrogen) atoms. The molecule has 2 heterocycles. The summed E-state index contributed by atoms with van der Waals surface area (Å²) in [5.41, 5.74) is 5.60. The lowest BCUT2D eigenvalue weighted by Gasteiger charge is -2.28. The number of thiazole rings is 1. The highest BCUT2D eigenvalue weighted by Crippen LogP contribution is 2.38. The summed E-state index contributed by atoms with van der Waals surface area (Å²) in [5, 5.41) is 4.09. The highest BCUT2D eigenvalue weighted by molar-refractivity contribution is 7.22. The number of amides is 1. The minimum atomic E-state index is -0.0205. The van der Waals surface area contributed by atoms with Crippen molar-refractivity contribution in [3.05, 3.63) is 65.2 Å². The smallest absolute Gasteiger partial charge is 0.253 e. The fraction of sp³-hybridized carbons (Fsp3) is 0.360. The summed E-state index contributed by atoms with van der Waals surface area (Å²) >= 11 is 1.67. The van der Waals surface area contributed by atoms with Crippen molar-refractivity contribution < 1.29 is 4.79 Å². The molecule has 0 radical (unpaired) electrons. The van der Waals surface area contributed by atoms with E-state index in [0.717, 1.165) is 41.2 Å². The molecular formula is C25H27N3OS. The van der Waals surface area contributed by atoms with Gasteiger partial charge < -0.3 is 10.2 Å². The quantitative estimate of drug-likeness (QED) is 0.518. The van der Waals surface area contributed by atoms with Crippen LogP contribution in [0.2, 0.25) is 0 Å². The molecule has 5 heteroatoms. The molecular weight excluding hydrogens is 390 g/mol. The van der Waals surface area contributed by atoms with Crippen molar-refractivity contribution in [2.45, 2.75) is 44.9 Å². The normalized spacial score (nSPS) is 16.3. The van der Waals surface area contributed by atoms with Gasteiger partial charge in [0.15, 0.2) is 5.13 Å². The molecule has 154 valence electrons. The van der Waals surface area contributed by atoms with E-state index in [1.54, 1.807) is 11.3 Å². The Morgan fingerprint density at radius 3 is 2.90 bits per heavy atom. The molecule has 2 aliphatic rings. The maximum atomic E-state index is 12.9. The first kappa shape index (κ1) is 19.3. The van der Waals surface area contributed by atoms with Gasteiger partial charge in [-0.25, -0.2) is 4.98 Å². The van der Waals surface area contributed by atoms with Crippen molar-refractivity contribution in [1.29, 1.82) is 0 Å². The largest absolute Gasteiger partial charge is 0.352 e. The standard InChI is InChI=1S/C25H27N3OS/c29-24(26-16-15-18-8-2-1-3-9-18)20-12-6-14-22-23(20)27-25(30-22)28-17-7-11-19-10-4-5-13-21(19)28/h4-6,8,10,12-14H,1-3,7,9,11,15-17H2,(H,26,29). The van der Waals surface area contributed by atoms with E-state index >= 15 is 0 Å². The molecule has 1 amide bonds. The lowest BCUT2D eigenvalue weighted by Crippen LogP contribution is -2.25. The summed E-state index contributed by atoms with van der Waals surface area (Å²) in [6.45, 7) is 1.66. The number of fused-ring (bicyclic) bond motifs is 2. The molecule has 2 aromatic carbocycles. The Morgan fingerprint density at radius 2 is 2.00 bits per heavy atom. The first-order chi connectivity index (χ1) is 14.8. The zero-order chi connectivity index (χ0) is 20.3. The van der Waals surface area contributed by atoms with Crippen molar-refractivity contribution in [2.24, 2.45) is 0 Å². The van der Waals surface area contributed by atoms with Crippen LogP contribution in [0.5, 0.6) is 0 Å². The molecule has 4 nitrogen and oxygen atoms in total. The molecule has 5 rings (SSSR count). The van der Waals surface area contributed by atoms with Gasteiger partial charge in [0.1, 0.15) is 0 Å². The van der Waals surface area contributed by atoms with E-state index in [1.165, 1.54) is 42.5 Å². The van der Waals surface area contributed by atoms with Gasteiger partial charge >= 0.3 is 0 Å². The maximum Gasteiger partial charge on any atom is 0.253 e. The minimum absolute atomic E-state index is 0.0205. The first-order valence-corrected chi connectivity index (χ1v) is 11.8. The van der Waals surface area contributed by atoms with Crippen LogP contribution >= 0.6 is 11.3 Å². The Morgan fingerprint density at radius 1 is 1.07 bits per heavy atom. The number of aryl methyl sites for hydroxylation is 1. The third-order valence-electron chi connectivity index (χ3n) is 6.11. The van der Waals surface area contributed by atoms with E-state index in [9.17, 15) is 4.79 Å². The molecule has 0 saturated heterocycles. The van der Waals surface area contributed by atoms with Crippen LogP contribution in [0.15, 0.2) is 54.1 Å². The fourth-order valence-electron chi connectivity index (χ4n) is 4.53. The number of anilines is 2. The molecule has 0 spiro atoms. The number of nitrogens with one attached hydrogen (secondary N) is 1. The van der Waals surface area contributed by atoms with E-state index in [2.05, 4.69) is 46.6 Å². The van der Waals surface area contributed by atoms with Crippen LogP contribution in [0, 0.1) is 0 Å². The predicted octanol–water partition coefficient (Wildman–Crippen LogP) is 6.00. The van der Waals surface area contributed by atoms with Crippen molar-refractivity contribution in [1.82, 2.24) is 10.3 Å². The molecule has 1 aliphatic heterocycles. The number of hydrogen-bond donors (Lipinski definition) is 1. The first-order valence-electron chi connectivity index (χ1n) is 11.0. The maximum absolute atomic E-state index is 12.9. The molecule has 0 fully saturated rings. The van der Waals surface area contributed by atoms with Crippen LogP contribution < -0.4 is 10.2 Å². The Balaban J connectivity index is 1.37. The van der Waals surface area contributed by atoms with Crippen LogP contribution in [-0.4, -0.2) is 24.0 Å². The Kier molecular flexibility index (Phi) is 5.54. The van der Waals surface area contributed by atoms with Crippen molar-refractivity contribution >= 4 is 38.3 Å². The summed E-state index contributed by atoms with van der Waals surface area (Å²) in [7, 11) is 0. The zero-order valence-electron chi connectivity index (χ0n) is 17.2. The van der Waals surface area contributed by atoms with Gasteiger partial charge in [-0.3, -0.25) is 4.79 Å². The Bertz CT molecular complexity index is 1100. The highest BCUT2D eigenvalue weighted by atomic mass is 32.1. The van der Waals surface area contributed by atoms with Crippen LogP contribution in [-0.2, 0) is 6.42 Å². The van der Waals surface area contributed by atoms with Gasteiger partial charge in [0.05, 0.1) is 15.8 Å². The molecule has 3 aromatic rings. The zero-order valence-corrected chi connectivity index (χ0v) is 18.0. The number of allylic oxidation sites excluding steroid dienone is 1. The third kappa shape index (κ3) is 3.86. The number of nitrogens with zero attached hydrogens (tertiary/aromatic N) is 2. The number of aromatic nitrogens is 1. The molecule has 1 aliphatic carbocycles. The summed E-state index contributed by atoms with van der Waals surface area (Å²) in [6, 6.07) is 14.5. The summed E-state index contributed by atoms with van der Waals surface area (Å²) in [5.74, 6) is -0.0205. The van der Waals surface area contributed by atoms with Crippen LogP contribution in [0.1, 0.15) is 54.4 Å². The van der Waals surface area contributed by atoms with Gasteiger partial charge in [0.2, 0.25) is 0 Å². The van der Waals surface area contributed by atoms with Crippen LogP contribution in [0.4, 0.5) is 10.8 Å². The molecule has 1 aromatic heterocycles. The second-order valence-corrected chi connectivity index (χ2v) is 9.16. The van der Waals surface area contributed by atoms with E-state index in [1.807, 2.05) is 12.1 Å². The van der Waals surface area contributed by atoms with Gasteiger partial charge in [-0.2, -0.15) is 0 Å². The molecule has 0 saturated carbocycles. The number of carbonyl (C=O) groups is 1. The topological polar surface area (TPSA) is 45.2 Å². The monoisotopic (exact) mass is 417 g/mol. The molecule has 0 bridgehead atoms. The second-order valence-electron chi connectivity index (χ2n) is 8.15. The molecule has 0 atom stereocenters. The number of para-hydroxylation sites is 2. The number of carbonyl (C=O) groups excluding carboxylic acids is 1. The highest BCUT2D eigenvalue weighted by Gasteiger charge is 2.22. The van der Waals surface area contributed by atoms with E-state index < -0.39 is 0 Å². The van der Waals surface area contributed by atoms with Gasteiger partial charge in [-0.15, -0.1) is 0 Å². The van der Waals surface area contributed by atoms with Crippen molar-refractivity contribution in [2.75, 3.05) is 18.0 Å². The third-order valence-corrected chi connectivity index (χ3v) is 7.15. The Hall–Kier alpha value is -2.66. The van der Waals surface area contributed by atoms with Crippen molar-refractivity contribution in [3.8, 4) is 0 Å². The van der Waals surface area contributed by atoms with Gasteiger partial charge in [-0.1, -0.05) is 47.3 Å². The van der Waals surface area contributed by atoms with Gasteiger partial charge in [-0.05, 0) is 68.7 Å². The summed E-state index contributed by atoms with van der Waals surface area (Å²) in [6.07, 6.45) is 10.5. The lowest BCUT2D eigenvalue weighted by molar-refractivity contribution is 0.0955. The molecule has 1 N–H and O–H groups in total. The number of rotatable bonds is 5. The van der Waals surface area contributed by atoms with E-state index in [-0.39, 0.29) is 5.91 Å². The van der Waals surface area contributed by atoms with Crippen LogP contribution in [0.25, 0.3) is 10.2 Å². The van der Waals surface area contributed by atoms with E-state index in [4.69, 9.17) is 4.98 Å². The SMILES string of the molecule is O=C(NCCC1=CCCCC1)c1cccc2sc(N3CCCc4ccccc43)nc12. The second kappa shape index (κ2) is 8.60. The van der Waals surface area contributed by atoms with Gasteiger partial charge in [0, 0.05) is 18.8 Å². The average Bonchev–Trinajstić information content (AvgIpc) is 3.23. The summed E-state index contributed by atoms with van der Waals surface area (Å²) in [4.78, 5) is 20.1. The van der Waals surface area contributed by atoms with Gasteiger partial charge in [0.25, 0.3) is 5.91 Å². The molecule has 0 unspecified atom stereocenters. The number of benzene rings is 2. The Labute approximate surface area is 181 Å². The van der Waals surface area contributed by atoms with E-state index in [0.29, 0.717) is 12.1 Å². The summed E-state index contributed by atoms with van der Waals surface area (Å²) < 4.78 is 1.07. The van der Waals surface area contributed by atoms with Crippen molar-refractivity contribution in [3.63, 3.8) is 0 Å². The van der Waals surface area contributed by atoms with Crippen LogP contribution in [0.3, 0.4) is 0 Å². The average molecular weight is 418 g/mol.